The average molecular weight is 408 g/mol. The number of methoxy groups -OCH3 is 1. The van der Waals surface area contributed by atoms with Crippen molar-refractivity contribution in [3.05, 3.63) is 58.5 Å². The maximum Gasteiger partial charge on any atom is 0.228 e. The van der Waals surface area contributed by atoms with Crippen LogP contribution in [0, 0.1) is 16.7 Å². The largest absolute Gasteiger partial charge is 0.497 e. The Morgan fingerprint density at radius 3 is 2.60 bits per heavy atom. The minimum atomic E-state index is -0.363. The fourth-order valence-electron chi connectivity index (χ4n) is 4.46. The highest BCUT2D eigenvalue weighted by molar-refractivity contribution is 6.00. The second kappa shape index (κ2) is 7.42. The van der Waals surface area contributed by atoms with Crippen molar-refractivity contribution in [1.29, 1.82) is 5.41 Å². The van der Waals surface area contributed by atoms with Gasteiger partial charge in [-0.05, 0) is 29.0 Å². The summed E-state index contributed by atoms with van der Waals surface area (Å²) in [5.74, 6) is 1.98. The van der Waals surface area contributed by atoms with E-state index in [1.165, 1.54) is 0 Å². The lowest BCUT2D eigenvalue weighted by Crippen LogP contribution is -2.37. The number of carbonyl (C=O) groups is 1. The van der Waals surface area contributed by atoms with Crippen molar-refractivity contribution in [2.24, 2.45) is 11.3 Å². The second-order valence-electron chi connectivity index (χ2n) is 9.44. The third-order valence-corrected chi connectivity index (χ3v) is 5.77. The van der Waals surface area contributed by atoms with E-state index in [0.29, 0.717) is 53.6 Å². The van der Waals surface area contributed by atoms with Crippen LogP contribution in [0.1, 0.15) is 57.6 Å². The van der Waals surface area contributed by atoms with Gasteiger partial charge in [-0.25, -0.2) is 4.98 Å². The first-order valence-electron chi connectivity index (χ1n) is 10.4. The Bertz CT molecular complexity index is 1080. The van der Waals surface area contributed by atoms with Gasteiger partial charge in [-0.3, -0.25) is 10.2 Å². The summed E-state index contributed by atoms with van der Waals surface area (Å²) in [7, 11) is 1.63. The number of fused-ring (bicyclic) bond motifs is 1. The molecule has 1 aliphatic carbocycles. The Balaban J connectivity index is 1.93. The van der Waals surface area contributed by atoms with Crippen molar-refractivity contribution in [1.82, 2.24) is 9.55 Å². The lowest BCUT2D eigenvalue weighted by Gasteiger charge is -2.38. The van der Waals surface area contributed by atoms with E-state index in [1.54, 1.807) is 13.4 Å². The van der Waals surface area contributed by atoms with Crippen LogP contribution in [0.4, 0.5) is 0 Å². The highest BCUT2D eigenvalue weighted by Crippen LogP contribution is 2.48. The number of hydrogen-bond donors (Lipinski definition) is 1. The summed E-state index contributed by atoms with van der Waals surface area (Å²) in [6.07, 6.45) is 2.82. The molecular weight excluding hydrogens is 378 g/mol. The van der Waals surface area contributed by atoms with Gasteiger partial charge in [-0.1, -0.05) is 39.8 Å². The second-order valence-corrected chi connectivity index (χ2v) is 9.44. The molecule has 1 N–H and O–H groups in total. The number of carbonyl (C=O) groups excluding carboxylic acids is 1. The standard InChI is InChI=1S/C24H29N3O3/c1-14(2)12-27-13-26-23-21(22(27)25)19(15-6-8-16(29-5)9-7-15)20-17(28)10-24(3,4)11-18(20)30-23/h6-9,13-14,19,25H,10-12H2,1-5H3/t19-/m1/s1. The maximum absolute atomic E-state index is 13.3. The molecule has 6 nitrogen and oxygen atoms in total. The molecule has 1 aliphatic heterocycles. The van der Waals surface area contributed by atoms with Crippen LogP contribution >= 0.6 is 0 Å². The predicted molar refractivity (Wildman–Crippen MR) is 113 cm³/mol. The third kappa shape index (κ3) is 3.55. The van der Waals surface area contributed by atoms with Crippen molar-refractivity contribution in [2.75, 3.05) is 7.11 Å². The van der Waals surface area contributed by atoms with E-state index in [9.17, 15) is 4.79 Å². The number of ketones is 1. The van der Waals surface area contributed by atoms with Crippen LogP contribution in [0.25, 0.3) is 0 Å². The Morgan fingerprint density at radius 1 is 1.27 bits per heavy atom. The number of allylic oxidation sites excluding steroid dienone is 2. The Hall–Kier alpha value is -2.89. The molecule has 0 spiro atoms. The van der Waals surface area contributed by atoms with Crippen LogP contribution in [-0.2, 0) is 11.3 Å². The fourth-order valence-corrected chi connectivity index (χ4v) is 4.46. The number of benzene rings is 1. The average Bonchev–Trinajstić information content (AvgIpc) is 2.67. The molecule has 0 unspecified atom stereocenters. The van der Waals surface area contributed by atoms with E-state index >= 15 is 0 Å². The molecule has 2 aromatic rings. The van der Waals surface area contributed by atoms with Crippen LogP contribution in [0.15, 0.2) is 41.9 Å². The molecule has 6 heteroatoms. The molecule has 0 fully saturated rings. The highest BCUT2D eigenvalue weighted by Gasteiger charge is 2.43. The molecular formula is C24H29N3O3. The number of rotatable bonds is 4. The predicted octanol–water partition coefficient (Wildman–Crippen LogP) is 4.19. The number of aromatic nitrogens is 2. The molecule has 1 aromatic heterocycles. The molecule has 0 radical (unpaired) electrons. The van der Waals surface area contributed by atoms with Gasteiger partial charge in [0.15, 0.2) is 5.78 Å². The molecule has 0 bridgehead atoms. The topological polar surface area (TPSA) is 77.2 Å². The lowest BCUT2D eigenvalue weighted by atomic mass is 9.70. The van der Waals surface area contributed by atoms with Crippen LogP contribution in [0.5, 0.6) is 11.6 Å². The van der Waals surface area contributed by atoms with E-state index in [-0.39, 0.29) is 17.1 Å². The molecule has 158 valence electrons. The van der Waals surface area contributed by atoms with E-state index in [0.717, 1.165) is 11.3 Å². The Labute approximate surface area is 177 Å². The molecule has 2 heterocycles. The highest BCUT2D eigenvalue weighted by atomic mass is 16.5. The Morgan fingerprint density at radius 2 is 1.97 bits per heavy atom. The molecule has 1 aromatic carbocycles. The van der Waals surface area contributed by atoms with Gasteiger partial charge in [0.25, 0.3) is 0 Å². The first-order valence-corrected chi connectivity index (χ1v) is 10.4. The van der Waals surface area contributed by atoms with Gasteiger partial charge in [0.05, 0.1) is 12.7 Å². The molecule has 30 heavy (non-hydrogen) atoms. The Kier molecular flexibility index (Phi) is 5.04. The monoisotopic (exact) mass is 407 g/mol. The van der Waals surface area contributed by atoms with E-state index < -0.39 is 0 Å². The SMILES string of the molecule is COc1ccc([C@@H]2C3=C(CC(C)(C)CC3=O)Oc3ncn(CC(C)C)c(=N)c32)cc1. The summed E-state index contributed by atoms with van der Waals surface area (Å²) in [4.78, 5) is 17.8. The van der Waals surface area contributed by atoms with Crippen molar-refractivity contribution >= 4 is 5.78 Å². The number of Topliss-reactive ketones (excluding diaryl/α,β-unsaturated/α-hetero) is 1. The number of hydrogen-bond acceptors (Lipinski definition) is 5. The molecule has 0 saturated heterocycles. The first-order chi connectivity index (χ1) is 14.2. The summed E-state index contributed by atoms with van der Waals surface area (Å²) in [6.45, 7) is 9.07. The van der Waals surface area contributed by atoms with Gasteiger partial charge in [-0.2, -0.15) is 0 Å². The van der Waals surface area contributed by atoms with Crippen molar-refractivity contribution in [2.45, 2.75) is 53.0 Å². The molecule has 0 saturated carbocycles. The van der Waals surface area contributed by atoms with Crippen molar-refractivity contribution in [3.8, 4) is 11.6 Å². The summed E-state index contributed by atoms with van der Waals surface area (Å²) >= 11 is 0. The summed E-state index contributed by atoms with van der Waals surface area (Å²) in [6, 6.07) is 7.72. The zero-order chi connectivity index (χ0) is 21.6. The molecule has 2 aliphatic rings. The van der Waals surface area contributed by atoms with E-state index in [1.807, 2.05) is 28.8 Å². The van der Waals surface area contributed by atoms with Crippen LogP contribution < -0.4 is 15.0 Å². The van der Waals surface area contributed by atoms with Crippen molar-refractivity contribution in [3.63, 3.8) is 0 Å². The molecule has 0 amide bonds. The number of nitrogens with one attached hydrogen (secondary N) is 1. The maximum atomic E-state index is 13.3. The summed E-state index contributed by atoms with van der Waals surface area (Å²) < 4.78 is 13.3. The zero-order valence-electron chi connectivity index (χ0n) is 18.3. The summed E-state index contributed by atoms with van der Waals surface area (Å²) in [5.41, 5.74) is 2.46. The fraction of sp³-hybridized carbons (Fsp3) is 0.458. The molecule has 4 rings (SSSR count). The number of ether oxygens (including phenoxy) is 2. The smallest absolute Gasteiger partial charge is 0.228 e. The van der Waals surface area contributed by atoms with Gasteiger partial charge in [0.2, 0.25) is 5.88 Å². The van der Waals surface area contributed by atoms with Gasteiger partial charge < -0.3 is 14.0 Å². The van der Waals surface area contributed by atoms with Gasteiger partial charge in [-0.15, -0.1) is 0 Å². The van der Waals surface area contributed by atoms with Gasteiger partial charge in [0, 0.05) is 30.9 Å². The van der Waals surface area contributed by atoms with Gasteiger partial charge >= 0.3 is 0 Å². The van der Waals surface area contributed by atoms with Crippen molar-refractivity contribution < 1.29 is 14.3 Å². The molecule has 1 atom stereocenters. The van der Waals surface area contributed by atoms with Crippen LogP contribution in [0.2, 0.25) is 0 Å². The normalized spacial score (nSPS) is 19.9. The lowest BCUT2D eigenvalue weighted by molar-refractivity contribution is -0.118. The van der Waals surface area contributed by atoms with E-state index in [4.69, 9.17) is 14.9 Å². The first kappa shape index (κ1) is 20.4. The third-order valence-electron chi connectivity index (χ3n) is 5.77. The van der Waals surface area contributed by atoms with Gasteiger partial charge in [0.1, 0.15) is 23.3 Å². The minimum Gasteiger partial charge on any atom is -0.497 e. The quantitative estimate of drug-likeness (QED) is 0.824. The van der Waals surface area contributed by atoms with Crippen LogP contribution in [0.3, 0.4) is 0 Å². The van der Waals surface area contributed by atoms with Crippen LogP contribution in [-0.4, -0.2) is 22.4 Å². The summed E-state index contributed by atoms with van der Waals surface area (Å²) in [5, 5.41) is 8.91. The number of nitrogens with zero attached hydrogens (tertiary/aromatic N) is 2. The minimum absolute atomic E-state index is 0.0892. The zero-order valence-corrected chi connectivity index (χ0v) is 18.3. The van der Waals surface area contributed by atoms with E-state index in [2.05, 4.69) is 32.7 Å².